The van der Waals surface area contributed by atoms with Crippen LogP contribution in [0.2, 0.25) is 0 Å². The average Bonchev–Trinajstić information content (AvgIpc) is 3.34. The van der Waals surface area contributed by atoms with Crippen molar-refractivity contribution in [2.45, 2.75) is 13.3 Å². The lowest BCUT2D eigenvalue weighted by Crippen LogP contribution is -2.33. The Labute approximate surface area is 203 Å². The number of aryl methyl sites for hydroxylation is 1. The second-order valence-electron chi connectivity index (χ2n) is 8.32. The number of methoxy groups -OCH3 is 2. The van der Waals surface area contributed by atoms with Gasteiger partial charge in [0.15, 0.2) is 0 Å². The molecule has 10 nitrogen and oxygen atoms in total. The number of carbonyl (C=O) groups is 2. The Kier molecular flexibility index (Phi) is 7.51. The highest BCUT2D eigenvalue weighted by molar-refractivity contribution is 5.90. The molecule has 3 aromatic heterocycles. The van der Waals surface area contributed by atoms with E-state index in [9.17, 15) is 9.59 Å². The van der Waals surface area contributed by atoms with E-state index in [1.165, 1.54) is 7.11 Å². The molecule has 0 saturated carbocycles. The lowest BCUT2D eigenvalue weighted by molar-refractivity contribution is 0.154. The van der Waals surface area contributed by atoms with Gasteiger partial charge >= 0.3 is 12.1 Å². The molecule has 3 amide bonds. The highest BCUT2D eigenvalue weighted by Gasteiger charge is 2.26. The number of nitrogens with one attached hydrogen (secondary N) is 2. The van der Waals surface area contributed by atoms with Crippen LogP contribution in [-0.2, 0) is 9.47 Å². The van der Waals surface area contributed by atoms with E-state index in [1.54, 1.807) is 36.7 Å². The largest absolute Gasteiger partial charge is 0.453 e. The summed E-state index contributed by atoms with van der Waals surface area (Å²) in [6, 6.07) is 9.13. The number of nitrogens with zero attached hydrogens (tertiary/aromatic N) is 4. The number of rotatable bonds is 6. The molecule has 35 heavy (non-hydrogen) atoms. The van der Waals surface area contributed by atoms with Crippen molar-refractivity contribution in [2.75, 3.05) is 44.5 Å². The van der Waals surface area contributed by atoms with Crippen molar-refractivity contribution in [1.82, 2.24) is 19.9 Å². The highest BCUT2D eigenvalue weighted by atomic mass is 16.5. The summed E-state index contributed by atoms with van der Waals surface area (Å²) < 4.78 is 9.84. The first-order valence-electron chi connectivity index (χ1n) is 11.3. The molecule has 0 unspecified atom stereocenters. The smallest absolute Gasteiger partial charge is 0.412 e. The van der Waals surface area contributed by atoms with Crippen molar-refractivity contribution >= 4 is 23.6 Å². The van der Waals surface area contributed by atoms with Gasteiger partial charge in [0.1, 0.15) is 5.82 Å². The van der Waals surface area contributed by atoms with Crippen LogP contribution >= 0.6 is 0 Å². The Balaban J connectivity index is 1.54. The predicted octanol–water partition coefficient (Wildman–Crippen LogP) is 4.19. The third-order valence-corrected chi connectivity index (χ3v) is 5.86. The zero-order valence-electron chi connectivity index (χ0n) is 19.9. The molecule has 0 aromatic carbocycles. The van der Waals surface area contributed by atoms with Gasteiger partial charge in [-0.3, -0.25) is 15.3 Å². The number of aromatic nitrogens is 3. The molecule has 0 bridgehead atoms. The van der Waals surface area contributed by atoms with Gasteiger partial charge < -0.3 is 19.7 Å². The molecule has 182 valence electrons. The normalized spacial score (nSPS) is 15.1. The summed E-state index contributed by atoms with van der Waals surface area (Å²) in [6.45, 7) is 3.96. The van der Waals surface area contributed by atoms with Crippen LogP contribution in [0.25, 0.3) is 22.4 Å². The summed E-state index contributed by atoms with van der Waals surface area (Å²) in [5.74, 6) is 0.725. The quantitative estimate of drug-likeness (QED) is 0.547. The van der Waals surface area contributed by atoms with Gasteiger partial charge in [0.25, 0.3) is 0 Å². The fourth-order valence-corrected chi connectivity index (χ4v) is 4.05. The van der Waals surface area contributed by atoms with Crippen LogP contribution in [0.3, 0.4) is 0 Å². The van der Waals surface area contributed by atoms with Gasteiger partial charge in [0.2, 0.25) is 0 Å². The monoisotopic (exact) mass is 476 g/mol. The Hall–Kier alpha value is -4.05. The Morgan fingerprint density at radius 1 is 1.06 bits per heavy atom. The van der Waals surface area contributed by atoms with E-state index in [1.807, 2.05) is 31.2 Å². The number of hydrogen-bond acceptors (Lipinski definition) is 7. The SMILES string of the molecule is COC[C@@H]1CCN(C(=O)Nc2cnc(C)c(-c3ccnc(-c4ccnc(NC(=O)OC)c4)c3)c2)C1. The van der Waals surface area contributed by atoms with Gasteiger partial charge in [-0.15, -0.1) is 0 Å². The number of anilines is 2. The average molecular weight is 477 g/mol. The Morgan fingerprint density at radius 2 is 1.86 bits per heavy atom. The highest BCUT2D eigenvalue weighted by Crippen LogP contribution is 2.29. The maximum absolute atomic E-state index is 12.8. The molecule has 4 rings (SSSR count). The number of amides is 3. The molecule has 1 atom stereocenters. The Morgan fingerprint density at radius 3 is 2.66 bits per heavy atom. The molecule has 2 N–H and O–H groups in total. The van der Waals surface area contributed by atoms with E-state index in [-0.39, 0.29) is 6.03 Å². The molecule has 0 aliphatic carbocycles. The second kappa shape index (κ2) is 10.9. The van der Waals surface area contributed by atoms with Crippen molar-refractivity contribution in [3.63, 3.8) is 0 Å². The van der Waals surface area contributed by atoms with Gasteiger partial charge in [0.05, 0.1) is 31.3 Å². The molecule has 10 heteroatoms. The first-order valence-corrected chi connectivity index (χ1v) is 11.3. The van der Waals surface area contributed by atoms with Gasteiger partial charge in [0, 0.05) is 55.3 Å². The van der Waals surface area contributed by atoms with Crippen LogP contribution in [0.4, 0.5) is 21.1 Å². The summed E-state index contributed by atoms with van der Waals surface area (Å²) in [4.78, 5) is 39.2. The number of carbonyl (C=O) groups excluding carboxylic acids is 2. The summed E-state index contributed by atoms with van der Waals surface area (Å²) in [5.41, 5.74) is 4.71. The molecule has 1 saturated heterocycles. The standard InChI is InChI=1S/C25H28N6O4/c1-16-21(12-20(13-28-16)29-24(32)31-9-6-17(14-31)15-34-2)18-4-7-26-22(10-18)19-5-8-27-23(11-19)30-25(33)35-3/h4-5,7-8,10-13,17H,6,9,14-15H2,1-3H3,(H,29,32)(H,27,30,33)/t17-/m1/s1. The van der Waals surface area contributed by atoms with Crippen molar-refractivity contribution in [1.29, 1.82) is 0 Å². The fourth-order valence-electron chi connectivity index (χ4n) is 4.05. The summed E-state index contributed by atoms with van der Waals surface area (Å²) in [6.07, 6.45) is 5.30. The topological polar surface area (TPSA) is 119 Å². The van der Waals surface area contributed by atoms with Crippen LogP contribution in [0, 0.1) is 12.8 Å². The summed E-state index contributed by atoms with van der Waals surface area (Å²) in [5, 5.41) is 5.52. The number of likely N-dealkylation sites (tertiary alicyclic amines) is 1. The van der Waals surface area contributed by atoms with E-state index in [2.05, 4.69) is 30.3 Å². The zero-order chi connectivity index (χ0) is 24.8. The number of urea groups is 1. The second-order valence-corrected chi connectivity index (χ2v) is 8.32. The minimum atomic E-state index is -0.597. The van der Waals surface area contributed by atoms with E-state index >= 15 is 0 Å². The summed E-state index contributed by atoms with van der Waals surface area (Å²) in [7, 11) is 2.97. The van der Waals surface area contributed by atoms with Gasteiger partial charge in [-0.2, -0.15) is 0 Å². The third-order valence-electron chi connectivity index (χ3n) is 5.86. The van der Waals surface area contributed by atoms with Crippen LogP contribution in [0.1, 0.15) is 12.1 Å². The molecule has 4 heterocycles. The molecule has 1 fully saturated rings. The van der Waals surface area contributed by atoms with E-state index in [0.717, 1.165) is 28.8 Å². The van der Waals surface area contributed by atoms with E-state index < -0.39 is 6.09 Å². The lowest BCUT2D eigenvalue weighted by atomic mass is 10.0. The van der Waals surface area contributed by atoms with Crippen molar-refractivity contribution in [3.05, 3.63) is 54.6 Å². The molecule has 1 aliphatic rings. The molecular formula is C25H28N6O4. The van der Waals surface area contributed by atoms with Crippen molar-refractivity contribution in [3.8, 4) is 22.4 Å². The van der Waals surface area contributed by atoms with Gasteiger partial charge in [-0.05, 0) is 49.2 Å². The molecular weight excluding hydrogens is 448 g/mol. The van der Waals surface area contributed by atoms with Crippen LogP contribution in [-0.4, -0.2) is 65.9 Å². The first kappa shape index (κ1) is 24.1. The van der Waals surface area contributed by atoms with Gasteiger partial charge in [-0.25, -0.2) is 14.6 Å². The molecule has 0 radical (unpaired) electrons. The maximum Gasteiger partial charge on any atom is 0.412 e. The Bertz CT molecular complexity index is 1220. The third kappa shape index (κ3) is 5.90. The minimum Gasteiger partial charge on any atom is -0.453 e. The van der Waals surface area contributed by atoms with Crippen LogP contribution in [0.15, 0.2) is 48.9 Å². The number of hydrogen-bond donors (Lipinski definition) is 2. The summed E-state index contributed by atoms with van der Waals surface area (Å²) >= 11 is 0. The minimum absolute atomic E-state index is 0.141. The van der Waals surface area contributed by atoms with Crippen molar-refractivity contribution < 1.29 is 19.1 Å². The van der Waals surface area contributed by atoms with Crippen LogP contribution in [0.5, 0.6) is 0 Å². The van der Waals surface area contributed by atoms with Gasteiger partial charge in [-0.1, -0.05) is 0 Å². The zero-order valence-corrected chi connectivity index (χ0v) is 19.9. The fraction of sp³-hybridized carbons (Fsp3) is 0.320. The predicted molar refractivity (Wildman–Crippen MR) is 132 cm³/mol. The van der Waals surface area contributed by atoms with Crippen molar-refractivity contribution in [2.24, 2.45) is 5.92 Å². The lowest BCUT2D eigenvalue weighted by Gasteiger charge is -2.18. The molecule has 3 aromatic rings. The first-order chi connectivity index (χ1) is 17.0. The number of pyridine rings is 3. The number of ether oxygens (including phenoxy) is 2. The van der Waals surface area contributed by atoms with E-state index in [4.69, 9.17) is 4.74 Å². The maximum atomic E-state index is 12.8. The molecule has 1 aliphatic heterocycles. The molecule has 0 spiro atoms. The van der Waals surface area contributed by atoms with E-state index in [0.29, 0.717) is 42.8 Å². The van der Waals surface area contributed by atoms with Crippen LogP contribution < -0.4 is 10.6 Å².